The lowest BCUT2D eigenvalue weighted by Gasteiger charge is -2.24. The van der Waals surface area contributed by atoms with Crippen molar-refractivity contribution in [3.8, 4) is 0 Å². The molecule has 0 saturated heterocycles. The van der Waals surface area contributed by atoms with Gasteiger partial charge in [0.05, 0.1) is 0 Å². The van der Waals surface area contributed by atoms with Crippen molar-refractivity contribution in [3.05, 3.63) is 33.8 Å². The Labute approximate surface area is 112 Å². The van der Waals surface area contributed by atoms with Gasteiger partial charge in [-0.2, -0.15) is 0 Å². The Morgan fingerprint density at radius 3 is 2.65 bits per heavy atom. The lowest BCUT2D eigenvalue weighted by molar-refractivity contribution is 0.0736. The molecular weight excluding hydrogens is 278 g/mol. The van der Waals surface area contributed by atoms with Crippen LogP contribution in [-0.4, -0.2) is 23.9 Å². The quantitative estimate of drug-likeness (QED) is 0.822. The van der Waals surface area contributed by atoms with Crippen molar-refractivity contribution in [1.82, 2.24) is 4.90 Å². The van der Waals surface area contributed by atoms with Gasteiger partial charge >= 0.3 is 0 Å². The average molecular weight is 298 g/mol. The van der Waals surface area contributed by atoms with E-state index in [2.05, 4.69) is 29.8 Å². The van der Waals surface area contributed by atoms with Gasteiger partial charge in [-0.1, -0.05) is 29.3 Å². The van der Waals surface area contributed by atoms with Crippen LogP contribution in [0.1, 0.15) is 42.6 Å². The van der Waals surface area contributed by atoms with E-state index >= 15 is 0 Å². The van der Waals surface area contributed by atoms with E-state index in [1.54, 1.807) is 0 Å². The van der Waals surface area contributed by atoms with Crippen LogP contribution in [0.5, 0.6) is 0 Å². The van der Waals surface area contributed by atoms with Crippen LogP contribution in [0.15, 0.2) is 22.7 Å². The molecule has 1 amide bonds. The summed E-state index contributed by atoms with van der Waals surface area (Å²) in [6.45, 7) is 6.22. The van der Waals surface area contributed by atoms with Gasteiger partial charge < -0.3 is 4.90 Å². The third-order valence-corrected chi connectivity index (χ3v) is 3.98. The van der Waals surface area contributed by atoms with Gasteiger partial charge in [0.2, 0.25) is 0 Å². The minimum absolute atomic E-state index is 0.0987. The minimum atomic E-state index is 0.0987. The molecule has 0 spiro atoms. The summed E-state index contributed by atoms with van der Waals surface area (Å²) >= 11 is 3.44. The van der Waals surface area contributed by atoms with Gasteiger partial charge in [-0.3, -0.25) is 4.79 Å². The van der Waals surface area contributed by atoms with Crippen LogP contribution in [0.4, 0.5) is 0 Å². The fourth-order valence-corrected chi connectivity index (χ4v) is 2.04. The van der Waals surface area contributed by atoms with Crippen LogP contribution in [0.25, 0.3) is 0 Å². The highest BCUT2D eigenvalue weighted by Gasteiger charge is 2.17. The van der Waals surface area contributed by atoms with Crippen LogP contribution in [0.2, 0.25) is 0 Å². The number of nitrogens with zero attached hydrogens (tertiary/aromatic N) is 1. The largest absolute Gasteiger partial charge is 0.339 e. The Morgan fingerprint density at radius 2 is 2.12 bits per heavy atom. The second kappa shape index (κ2) is 6.20. The molecule has 94 valence electrons. The Bertz CT molecular complexity index is 403. The number of rotatable bonds is 4. The van der Waals surface area contributed by atoms with Crippen LogP contribution < -0.4 is 0 Å². The molecule has 1 unspecified atom stereocenters. The molecule has 1 aromatic rings. The Balaban J connectivity index is 2.85. The molecule has 0 bridgehead atoms. The van der Waals surface area contributed by atoms with Crippen LogP contribution >= 0.6 is 15.9 Å². The van der Waals surface area contributed by atoms with Crippen molar-refractivity contribution in [2.45, 2.75) is 39.7 Å². The molecule has 0 fully saturated rings. The van der Waals surface area contributed by atoms with E-state index in [0.29, 0.717) is 0 Å². The second-order valence-electron chi connectivity index (χ2n) is 4.52. The van der Waals surface area contributed by atoms with E-state index in [0.717, 1.165) is 28.4 Å². The van der Waals surface area contributed by atoms with Crippen LogP contribution in [0.3, 0.4) is 0 Å². The summed E-state index contributed by atoms with van der Waals surface area (Å²) in [4.78, 5) is 14.1. The number of amides is 1. The number of carbonyl (C=O) groups is 1. The molecule has 0 N–H and O–H groups in total. The lowest BCUT2D eigenvalue weighted by Crippen LogP contribution is -2.34. The van der Waals surface area contributed by atoms with Gasteiger partial charge in [0.15, 0.2) is 0 Å². The maximum absolute atomic E-state index is 12.2. The molecule has 0 heterocycles. The maximum atomic E-state index is 12.2. The molecule has 17 heavy (non-hydrogen) atoms. The van der Waals surface area contributed by atoms with E-state index in [4.69, 9.17) is 0 Å². The second-order valence-corrected chi connectivity index (χ2v) is 5.37. The summed E-state index contributed by atoms with van der Waals surface area (Å²) in [7, 11) is 1.88. The molecule has 0 aliphatic heterocycles. The maximum Gasteiger partial charge on any atom is 0.253 e. The predicted molar refractivity (Wildman–Crippen MR) is 75.3 cm³/mol. The highest BCUT2D eigenvalue weighted by Crippen LogP contribution is 2.18. The number of halogens is 1. The lowest BCUT2D eigenvalue weighted by atomic mass is 10.1. The van der Waals surface area contributed by atoms with Gasteiger partial charge in [-0.25, -0.2) is 0 Å². The van der Waals surface area contributed by atoms with Crippen LogP contribution in [-0.2, 0) is 0 Å². The van der Waals surface area contributed by atoms with Gasteiger partial charge in [-0.05, 0) is 44.0 Å². The summed E-state index contributed by atoms with van der Waals surface area (Å²) in [5.74, 6) is 0.0987. The normalized spacial score (nSPS) is 12.3. The van der Waals surface area contributed by atoms with Crippen molar-refractivity contribution >= 4 is 21.8 Å². The summed E-state index contributed by atoms with van der Waals surface area (Å²) in [6, 6.07) is 6.02. The Hall–Kier alpha value is -0.830. The zero-order valence-electron chi connectivity index (χ0n) is 11.0. The summed E-state index contributed by atoms with van der Waals surface area (Å²) < 4.78 is 1.04. The molecule has 0 saturated carbocycles. The zero-order chi connectivity index (χ0) is 13.0. The fraction of sp³-hybridized carbons (Fsp3) is 0.500. The first kappa shape index (κ1) is 14.2. The van der Waals surface area contributed by atoms with Gasteiger partial charge in [0, 0.05) is 23.1 Å². The average Bonchev–Trinajstić information content (AvgIpc) is 2.31. The smallest absolute Gasteiger partial charge is 0.253 e. The fourth-order valence-electron chi connectivity index (χ4n) is 1.79. The summed E-state index contributed by atoms with van der Waals surface area (Å²) in [6.07, 6.45) is 2.13. The van der Waals surface area contributed by atoms with E-state index in [-0.39, 0.29) is 11.9 Å². The van der Waals surface area contributed by atoms with Crippen molar-refractivity contribution in [3.63, 3.8) is 0 Å². The first-order valence-corrected chi connectivity index (χ1v) is 6.80. The van der Waals surface area contributed by atoms with Crippen molar-refractivity contribution < 1.29 is 4.79 Å². The molecule has 0 radical (unpaired) electrons. The highest BCUT2D eigenvalue weighted by atomic mass is 79.9. The summed E-state index contributed by atoms with van der Waals surface area (Å²) in [5.41, 5.74) is 1.85. The molecular formula is C14H20BrNO. The molecule has 3 heteroatoms. The molecule has 0 aliphatic carbocycles. The standard InChI is InChI=1S/C14H20BrNO/c1-5-6-11(3)16(4)14(17)12-7-8-13(15)10(2)9-12/h7-9,11H,5-6H2,1-4H3. The van der Waals surface area contributed by atoms with Gasteiger partial charge in [0.25, 0.3) is 5.91 Å². The van der Waals surface area contributed by atoms with Gasteiger partial charge in [-0.15, -0.1) is 0 Å². The third-order valence-electron chi connectivity index (χ3n) is 3.09. The number of carbonyl (C=O) groups excluding carboxylic acids is 1. The van der Waals surface area contributed by atoms with Crippen molar-refractivity contribution in [2.24, 2.45) is 0 Å². The number of hydrogen-bond donors (Lipinski definition) is 0. The SMILES string of the molecule is CCCC(C)N(C)C(=O)c1ccc(Br)c(C)c1. The number of benzene rings is 1. The van der Waals surface area contributed by atoms with Crippen molar-refractivity contribution in [2.75, 3.05) is 7.05 Å². The Morgan fingerprint density at radius 1 is 1.47 bits per heavy atom. The van der Waals surface area contributed by atoms with Crippen molar-refractivity contribution in [1.29, 1.82) is 0 Å². The molecule has 1 atom stereocenters. The first-order chi connectivity index (χ1) is 7.97. The molecule has 1 aromatic carbocycles. The predicted octanol–water partition coefficient (Wildman–Crippen LogP) is 4.02. The monoisotopic (exact) mass is 297 g/mol. The number of hydrogen-bond acceptors (Lipinski definition) is 1. The molecule has 2 nitrogen and oxygen atoms in total. The third kappa shape index (κ3) is 3.56. The van der Waals surface area contributed by atoms with E-state index in [1.807, 2.05) is 37.1 Å². The first-order valence-electron chi connectivity index (χ1n) is 6.00. The highest BCUT2D eigenvalue weighted by molar-refractivity contribution is 9.10. The van der Waals surface area contributed by atoms with Gasteiger partial charge in [0.1, 0.15) is 0 Å². The zero-order valence-corrected chi connectivity index (χ0v) is 12.5. The van der Waals surface area contributed by atoms with E-state index < -0.39 is 0 Å². The summed E-state index contributed by atoms with van der Waals surface area (Å²) in [5, 5.41) is 0. The van der Waals surface area contributed by atoms with Crippen LogP contribution in [0, 0.1) is 6.92 Å². The van der Waals surface area contributed by atoms with E-state index in [9.17, 15) is 4.79 Å². The molecule has 0 aliphatic rings. The number of aryl methyl sites for hydroxylation is 1. The minimum Gasteiger partial charge on any atom is -0.339 e. The topological polar surface area (TPSA) is 20.3 Å². The Kier molecular flexibility index (Phi) is 5.19. The van der Waals surface area contributed by atoms with E-state index in [1.165, 1.54) is 0 Å². The molecule has 0 aromatic heterocycles. The molecule has 1 rings (SSSR count).